The van der Waals surface area contributed by atoms with Gasteiger partial charge in [0.05, 0.1) is 13.3 Å². The highest BCUT2D eigenvalue weighted by atomic mass is 35.5. The lowest BCUT2D eigenvalue weighted by molar-refractivity contribution is -0.140. The number of H-pyrrole nitrogens is 1. The molecule has 1 aliphatic rings. The molecule has 1 atom stereocenters. The van der Waals surface area contributed by atoms with Gasteiger partial charge in [-0.05, 0) is 23.3 Å². The molecule has 30 heavy (non-hydrogen) atoms. The van der Waals surface area contributed by atoms with Crippen molar-refractivity contribution in [1.29, 1.82) is 0 Å². The number of rotatable bonds is 5. The molecular formula is C21H16ClN3O4S. The standard InChI is InChI=1S/C21H16ClN3O4S/c1-29-20(26)21(13-23-12-18(21)15-7-9-16(22)10-8-15)30(27,28)19-17(11-24-25-19)14-5-3-2-4-6-14/h2-13H,1H3,(H,24,25). The summed E-state index contributed by atoms with van der Waals surface area (Å²) in [5.74, 6) is -0.974. The van der Waals surface area contributed by atoms with Gasteiger partial charge in [0.15, 0.2) is 5.03 Å². The summed E-state index contributed by atoms with van der Waals surface area (Å²) in [6.07, 6.45) is 3.84. The fourth-order valence-electron chi connectivity index (χ4n) is 3.40. The molecule has 0 radical (unpaired) electrons. The number of ether oxygens (including phenoxy) is 1. The molecule has 3 aromatic rings. The van der Waals surface area contributed by atoms with Crippen LogP contribution in [0.1, 0.15) is 5.56 Å². The SMILES string of the molecule is COC(=O)C1(S(=O)(=O)c2[nH]ncc2-c2ccccc2)C=NC=C1c1ccc(Cl)cc1. The number of aromatic amines is 1. The van der Waals surface area contributed by atoms with E-state index in [1.165, 1.54) is 12.4 Å². The van der Waals surface area contributed by atoms with Crippen LogP contribution in [0.15, 0.2) is 77.0 Å². The smallest absolute Gasteiger partial charge is 0.338 e. The maximum atomic E-state index is 13.9. The number of benzene rings is 2. The second-order valence-electron chi connectivity index (χ2n) is 6.54. The number of halogens is 1. The predicted molar refractivity (Wildman–Crippen MR) is 114 cm³/mol. The Morgan fingerprint density at radius 2 is 1.77 bits per heavy atom. The Morgan fingerprint density at radius 3 is 2.43 bits per heavy atom. The molecule has 7 nitrogen and oxygen atoms in total. The fourth-order valence-corrected chi connectivity index (χ4v) is 5.45. The molecular weight excluding hydrogens is 426 g/mol. The number of hydrogen-bond donors (Lipinski definition) is 1. The maximum absolute atomic E-state index is 13.9. The third-order valence-electron chi connectivity index (χ3n) is 4.89. The molecule has 1 N–H and O–H groups in total. The molecule has 0 spiro atoms. The summed E-state index contributed by atoms with van der Waals surface area (Å²) in [6, 6.07) is 15.4. The van der Waals surface area contributed by atoms with Crippen molar-refractivity contribution in [1.82, 2.24) is 10.2 Å². The largest absolute Gasteiger partial charge is 0.467 e. The van der Waals surface area contributed by atoms with Crippen molar-refractivity contribution < 1.29 is 17.9 Å². The quantitative estimate of drug-likeness (QED) is 0.610. The van der Waals surface area contributed by atoms with Crippen LogP contribution in [0.3, 0.4) is 0 Å². The van der Waals surface area contributed by atoms with Crippen molar-refractivity contribution >= 4 is 39.2 Å². The Morgan fingerprint density at radius 1 is 1.07 bits per heavy atom. The number of sulfone groups is 1. The Balaban J connectivity index is 1.94. The van der Waals surface area contributed by atoms with Crippen molar-refractivity contribution in [2.75, 3.05) is 7.11 Å². The predicted octanol–water partition coefficient (Wildman–Crippen LogP) is 3.54. The Kier molecular flexibility index (Phi) is 5.05. The highest BCUT2D eigenvalue weighted by molar-refractivity contribution is 7.95. The molecule has 1 aromatic heterocycles. The van der Waals surface area contributed by atoms with Crippen molar-refractivity contribution in [3.05, 3.63) is 77.6 Å². The lowest BCUT2D eigenvalue weighted by Gasteiger charge is -2.26. The van der Waals surface area contributed by atoms with Crippen LogP contribution in [0, 0.1) is 0 Å². The maximum Gasteiger partial charge on any atom is 0.338 e. The van der Waals surface area contributed by atoms with E-state index < -0.39 is 20.6 Å². The van der Waals surface area contributed by atoms with E-state index in [0.717, 1.165) is 13.3 Å². The van der Waals surface area contributed by atoms with Crippen LogP contribution in [0.5, 0.6) is 0 Å². The average molecular weight is 442 g/mol. The van der Waals surface area contributed by atoms with E-state index in [1.807, 2.05) is 6.07 Å². The van der Waals surface area contributed by atoms with Gasteiger partial charge < -0.3 is 4.74 Å². The van der Waals surface area contributed by atoms with Gasteiger partial charge in [0.1, 0.15) is 0 Å². The lowest BCUT2D eigenvalue weighted by Crippen LogP contribution is -2.48. The second-order valence-corrected chi connectivity index (χ2v) is 9.03. The second kappa shape index (κ2) is 7.55. The molecule has 2 aromatic carbocycles. The zero-order valence-corrected chi connectivity index (χ0v) is 17.3. The van der Waals surface area contributed by atoms with Gasteiger partial charge in [0.25, 0.3) is 0 Å². The number of carbonyl (C=O) groups excluding carboxylic acids is 1. The van der Waals surface area contributed by atoms with Crippen LogP contribution in [0.25, 0.3) is 16.7 Å². The van der Waals surface area contributed by atoms with E-state index >= 15 is 0 Å². The summed E-state index contributed by atoms with van der Waals surface area (Å²) in [7, 11) is -3.26. The molecule has 0 bridgehead atoms. The molecule has 1 aliphatic heterocycles. The highest BCUT2D eigenvalue weighted by Crippen LogP contribution is 2.42. The number of hydrogen-bond acceptors (Lipinski definition) is 6. The third kappa shape index (κ3) is 2.96. The van der Waals surface area contributed by atoms with E-state index in [1.54, 1.807) is 48.5 Å². The van der Waals surface area contributed by atoms with Crippen molar-refractivity contribution in [2.24, 2.45) is 4.99 Å². The van der Waals surface area contributed by atoms with Crippen LogP contribution in [-0.2, 0) is 19.4 Å². The Hall–Kier alpha value is -3.23. The van der Waals surface area contributed by atoms with Crippen LogP contribution < -0.4 is 0 Å². The van der Waals surface area contributed by atoms with Crippen LogP contribution >= 0.6 is 11.6 Å². The molecule has 152 valence electrons. The highest BCUT2D eigenvalue weighted by Gasteiger charge is 2.58. The summed E-state index contributed by atoms with van der Waals surface area (Å²) in [5, 5.41) is 6.75. The molecule has 0 saturated heterocycles. The summed E-state index contributed by atoms with van der Waals surface area (Å²) in [5.41, 5.74) is 1.62. The molecule has 0 saturated carbocycles. The molecule has 1 unspecified atom stereocenters. The van der Waals surface area contributed by atoms with E-state index in [-0.39, 0.29) is 10.6 Å². The Bertz CT molecular complexity index is 1270. The minimum atomic E-state index is -4.40. The molecule has 2 heterocycles. The van der Waals surface area contributed by atoms with Gasteiger partial charge in [-0.25, -0.2) is 13.2 Å². The zero-order chi connectivity index (χ0) is 21.4. The van der Waals surface area contributed by atoms with E-state index in [4.69, 9.17) is 16.3 Å². The minimum absolute atomic E-state index is 0.166. The molecule has 0 amide bonds. The fraction of sp³-hybridized carbons (Fsp3) is 0.0952. The van der Waals surface area contributed by atoms with Crippen molar-refractivity contribution in [2.45, 2.75) is 9.77 Å². The van der Waals surface area contributed by atoms with E-state index in [0.29, 0.717) is 21.7 Å². The number of methoxy groups -OCH3 is 1. The first kappa shape index (κ1) is 20.1. The normalized spacial score (nSPS) is 18.3. The summed E-state index contributed by atoms with van der Waals surface area (Å²) >= 11 is 5.97. The van der Waals surface area contributed by atoms with E-state index in [9.17, 15) is 13.2 Å². The molecule has 4 rings (SSSR count). The number of nitrogens with zero attached hydrogens (tertiary/aromatic N) is 2. The number of esters is 1. The lowest BCUT2D eigenvalue weighted by atomic mass is 9.94. The van der Waals surface area contributed by atoms with Gasteiger partial charge in [-0.2, -0.15) is 5.10 Å². The number of nitrogens with one attached hydrogen (secondary N) is 1. The number of aliphatic imine (C=N–C) groups is 1. The summed E-state index contributed by atoms with van der Waals surface area (Å²) in [6.45, 7) is 0. The first-order valence-corrected chi connectivity index (χ1v) is 10.7. The van der Waals surface area contributed by atoms with Gasteiger partial charge in [-0.3, -0.25) is 10.1 Å². The number of carbonyl (C=O) groups is 1. The molecule has 0 fully saturated rings. The topological polar surface area (TPSA) is 101 Å². The molecule has 0 aliphatic carbocycles. The van der Waals surface area contributed by atoms with Crippen molar-refractivity contribution in [3.63, 3.8) is 0 Å². The monoisotopic (exact) mass is 441 g/mol. The minimum Gasteiger partial charge on any atom is -0.467 e. The summed E-state index contributed by atoms with van der Waals surface area (Å²) in [4.78, 5) is 17.0. The summed E-state index contributed by atoms with van der Waals surface area (Å²) < 4.78 is 30.6. The van der Waals surface area contributed by atoms with Gasteiger partial charge in [0.2, 0.25) is 14.6 Å². The first-order chi connectivity index (χ1) is 14.4. The van der Waals surface area contributed by atoms with Gasteiger partial charge in [0, 0.05) is 28.6 Å². The van der Waals surface area contributed by atoms with E-state index in [2.05, 4.69) is 15.2 Å². The Labute approximate surface area is 178 Å². The third-order valence-corrected chi connectivity index (χ3v) is 7.33. The van der Waals surface area contributed by atoms with Crippen LogP contribution in [0.2, 0.25) is 5.02 Å². The van der Waals surface area contributed by atoms with Crippen LogP contribution in [0.4, 0.5) is 0 Å². The molecule has 9 heteroatoms. The first-order valence-electron chi connectivity index (χ1n) is 8.84. The van der Waals surface area contributed by atoms with Gasteiger partial charge >= 0.3 is 5.97 Å². The van der Waals surface area contributed by atoms with Crippen LogP contribution in [-0.4, -0.2) is 42.7 Å². The zero-order valence-electron chi connectivity index (χ0n) is 15.7. The average Bonchev–Trinajstić information content (AvgIpc) is 3.43. The van der Waals surface area contributed by atoms with Gasteiger partial charge in [-0.15, -0.1) is 0 Å². The number of aromatic nitrogens is 2. The van der Waals surface area contributed by atoms with Crippen molar-refractivity contribution in [3.8, 4) is 11.1 Å². The van der Waals surface area contributed by atoms with Gasteiger partial charge in [-0.1, -0.05) is 54.1 Å².